The summed E-state index contributed by atoms with van der Waals surface area (Å²) in [5.74, 6) is 0.196. The minimum Gasteiger partial charge on any atom is -0.491 e. The van der Waals surface area contributed by atoms with E-state index >= 15 is 0 Å². The van der Waals surface area contributed by atoms with Gasteiger partial charge in [-0.25, -0.2) is 14.4 Å². The summed E-state index contributed by atoms with van der Waals surface area (Å²) in [7, 11) is 2.96. The lowest BCUT2D eigenvalue weighted by Crippen LogP contribution is -2.29. The van der Waals surface area contributed by atoms with E-state index in [-0.39, 0.29) is 47.5 Å². The first-order chi connectivity index (χ1) is 18.9. The molecule has 39 heavy (non-hydrogen) atoms. The molecular weight excluding hydrogens is 503 g/mol. The summed E-state index contributed by atoms with van der Waals surface area (Å²) in [5.41, 5.74) is 1.10. The Morgan fingerprint density at radius 3 is 2.31 bits per heavy atom. The number of nitriles is 1. The molecule has 1 aliphatic carbocycles. The SMILES string of the molecule is COc1cc2nccc(Oc3ncc(CC(=O)C4(C(=O)Cc5ccc(F)cc5)CC4)cc3C#N)c2nc1OC. The molecule has 0 amide bonds. The van der Waals surface area contributed by atoms with Crippen molar-refractivity contribution in [2.75, 3.05) is 14.2 Å². The predicted molar refractivity (Wildman–Crippen MR) is 137 cm³/mol. The van der Waals surface area contributed by atoms with Crippen LogP contribution < -0.4 is 14.2 Å². The highest BCUT2D eigenvalue weighted by Crippen LogP contribution is 2.49. The van der Waals surface area contributed by atoms with Gasteiger partial charge in [0.1, 0.15) is 23.0 Å². The maximum absolute atomic E-state index is 13.2. The number of pyridine rings is 3. The minimum absolute atomic E-state index is 0.0336. The smallest absolute Gasteiger partial charge is 0.257 e. The molecule has 1 aliphatic rings. The van der Waals surface area contributed by atoms with Crippen molar-refractivity contribution >= 4 is 22.6 Å². The van der Waals surface area contributed by atoms with Crippen LogP contribution in [0.1, 0.15) is 29.5 Å². The number of rotatable bonds is 10. The Hall–Kier alpha value is -4.91. The summed E-state index contributed by atoms with van der Waals surface area (Å²) in [4.78, 5) is 39.1. The lowest BCUT2D eigenvalue weighted by Gasteiger charge is -2.14. The van der Waals surface area contributed by atoms with Crippen molar-refractivity contribution in [2.24, 2.45) is 5.41 Å². The monoisotopic (exact) mass is 526 g/mol. The Kier molecular flexibility index (Phi) is 6.90. The van der Waals surface area contributed by atoms with Crippen molar-refractivity contribution in [2.45, 2.75) is 25.7 Å². The Bertz CT molecular complexity index is 1630. The third kappa shape index (κ3) is 5.11. The zero-order valence-corrected chi connectivity index (χ0v) is 21.2. The highest BCUT2D eigenvalue weighted by molar-refractivity contribution is 6.10. The zero-order chi connectivity index (χ0) is 27.6. The summed E-state index contributed by atoms with van der Waals surface area (Å²) in [5, 5.41) is 9.76. The summed E-state index contributed by atoms with van der Waals surface area (Å²) in [6.07, 6.45) is 3.94. The molecule has 4 aromatic rings. The molecule has 0 spiro atoms. The van der Waals surface area contributed by atoms with E-state index in [1.807, 2.05) is 0 Å². The van der Waals surface area contributed by atoms with E-state index in [2.05, 4.69) is 21.0 Å². The van der Waals surface area contributed by atoms with Gasteiger partial charge in [-0.3, -0.25) is 14.6 Å². The van der Waals surface area contributed by atoms with Gasteiger partial charge in [0, 0.05) is 37.4 Å². The Balaban J connectivity index is 1.34. The second-order valence-electron chi connectivity index (χ2n) is 9.20. The van der Waals surface area contributed by atoms with Crippen LogP contribution >= 0.6 is 0 Å². The van der Waals surface area contributed by atoms with E-state index in [0.29, 0.717) is 46.5 Å². The standard InChI is InChI=1S/C29H23FN4O5/c1-37-23-14-21-26(34-28(23)38-2)22(7-10-32-21)39-27-19(15-31)11-18(16-33-27)13-25(36)29(8-9-29)24(35)12-17-3-5-20(30)6-4-17/h3-7,10-11,14,16H,8-9,12-13H2,1-2H3. The van der Waals surface area contributed by atoms with Gasteiger partial charge in [0.2, 0.25) is 5.88 Å². The topological polar surface area (TPSA) is 124 Å². The number of ketones is 2. The summed E-state index contributed by atoms with van der Waals surface area (Å²) >= 11 is 0. The molecule has 3 heterocycles. The number of ether oxygens (including phenoxy) is 3. The molecule has 3 aromatic heterocycles. The van der Waals surface area contributed by atoms with E-state index in [9.17, 15) is 19.2 Å². The van der Waals surface area contributed by atoms with Crippen LogP contribution in [0, 0.1) is 22.6 Å². The fourth-order valence-corrected chi connectivity index (χ4v) is 4.39. The minimum atomic E-state index is -1.04. The van der Waals surface area contributed by atoms with Crippen molar-refractivity contribution in [1.29, 1.82) is 5.26 Å². The average Bonchev–Trinajstić information content (AvgIpc) is 3.77. The molecule has 0 radical (unpaired) electrons. The van der Waals surface area contributed by atoms with Gasteiger partial charge in [-0.05, 0) is 42.2 Å². The van der Waals surface area contributed by atoms with Crippen molar-refractivity contribution in [3.63, 3.8) is 0 Å². The molecule has 10 heteroatoms. The molecule has 1 saturated carbocycles. The first-order valence-electron chi connectivity index (χ1n) is 12.1. The number of aromatic nitrogens is 3. The molecule has 0 N–H and O–H groups in total. The molecule has 1 aromatic carbocycles. The van der Waals surface area contributed by atoms with Crippen LogP contribution in [0.15, 0.2) is 54.9 Å². The van der Waals surface area contributed by atoms with Crippen molar-refractivity contribution < 1.29 is 28.2 Å². The van der Waals surface area contributed by atoms with Crippen LogP contribution in [0.3, 0.4) is 0 Å². The predicted octanol–water partition coefficient (Wildman–Crippen LogP) is 4.55. The first kappa shape index (κ1) is 25.7. The second-order valence-corrected chi connectivity index (χ2v) is 9.20. The highest BCUT2D eigenvalue weighted by atomic mass is 19.1. The van der Waals surface area contributed by atoms with Crippen molar-refractivity contribution in [1.82, 2.24) is 15.0 Å². The Labute approximate surface area is 223 Å². The maximum atomic E-state index is 13.2. The summed E-state index contributed by atoms with van der Waals surface area (Å²) in [6, 6.07) is 12.5. The highest BCUT2D eigenvalue weighted by Gasteiger charge is 2.54. The van der Waals surface area contributed by atoms with Gasteiger partial charge in [0.25, 0.3) is 5.88 Å². The van der Waals surface area contributed by atoms with Gasteiger partial charge >= 0.3 is 0 Å². The number of methoxy groups -OCH3 is 2. The lowest BCUT2D eigenvalue weighted by molar-refractivity contribution is -0.133. The van der Waals surface area contributed by atoms with Gasteiger partial charge < -0.3 is 14.2 Å². The van der Waals surface area contributed by atoms with Gasteiger partial charge in [0.05, 0.1) is 25.2 Å². The van der Waals surface area contributed by atoms with Crippen molar-refractivity contribution in [3.8, 4) is 29.3 Å². The summed E-state index contributed by atoms with van der Waals surface area (Å²) < 4.78 is 29.7. The number of carbonyl (C=O) groups is 2. The van der Waals surface area contributed by atoms with Crippen LogP contribution in [-0.2, 0) is 22.4 Å². The van der Waals surface area contributed by atoms with Gasteiger partial charge in [-0.2, -0.15) is 5.26 Å². The number of nitrogens with zero attached hydrogens (tertiary/aromatic N) is 4. The molecule has 9 nitrogen and oxygen atoms in total. The molecule has 0 aliphatic heterocycles. The summed E-state index contributed by atoms with van der Waals surface area (Å²) in [6.45, 7) is 0. The Morgan fingerprint density at radius 1 is 0.949 bits per heavy atom. The van der Waals surface area contributed by atoms with E-state index in [0.717, 1.165) is 0 Å². The Morgan fingerprint density at radius 2 is 1.67 bits per heavy atom. The zero-order valence-electron chi connectivity index (χ0n) is 21.2. The number of hydrogen-bond acceptors (Lipinski definition) is 9. The number of fused-ring (bicyclic) bond motifs is 1. The number of halogens is 1. The fourth-order valence-electron chi connectivity index (χ4n) is 4.39. The van der Waals surface area contributed by atoms with E-state index in [1.54, 1.807) is 24.3 Å². The average molecular weight is 527 g/mol. The number of carbonyl (C=O) groups excluding carboxylic acids is 2. The third-order valence-corrected chi connectivity index (χ3v) is 6.72. The van der Waals surface area contributed by atoms with Crippen LogP contribution in [0.4, 0.5) is 4.39 Å². The number of Topliss-reactive ketones (excluding diaryl/α,β-unsaturated/α-hetero) is 2. The largest absolute Gasteiger partial charge is 0.491 e. The van der Waals surface area contributed by atoms with Crippen LogP contribution in [0.25, 0.3) is 11.0 Å². The molecule has 0 atom stereocenters. The molecule has 0 bridgehead atoms. The fraction of sp³-hybridized carbons (Fsp3) is 0.241. The molecule has 5 rings (SSSR count). The van der Waals surface area contributed by atoms with E-state index in [4.69, 9.17) is 14.2 Å². The lowest BCUT2D eigenvalue weighted by atomic mass is 9.88. The molecule has 0 saturated heterocycles. The van der Waals surface area contributed by atoms with E-state index in [1.165, 1.54) is 44.8 Å². The van der Waals surface area contributed by atoms with Gasteiger partial charge in [0.15, 0.2) is 23.1 Å². The van der Waals surface area contributed by atoms with Crippen LogP contribution in [0.5, 0.6) is 23.3 Å². The van der Waals surface area contributed by atoms with Gasteiger partial charge in [-0.1, -0.05) is 12.1 Å². The third-order valence-electron chi connectivity index (χ3n) is 6.72. The van der Waals surface area contributed by atoms with Crippen LogP contribution in [-0.4, -0.2) is 40.7 Å². The number of hydrogen-bond donors (Lipinski definition) is 0. The molecule has 196 valence electrons. The molecule has 1 fully saturated rings. The van der Waals surface area contributed by atoms with Gasteiger partial charge in [-0.15, -0.1) is 0 Å². The number of benzene rings is 1. The van der Waals surface area contributed by atoms with Crippen LogP contribution in [0.2, 0.25) is 0 Å². The normalized spacial score (nSPS) is 13.4. The van der Waals surface area contributed by atoms with E-state index < -0.39 is 5.41 Å². The quantitative estimate of drug-likeness (QED) is 0.274. The second kappa shape index (κ2) is 10.5. The first-order valence-corrected chi connectivity index (χ1v) is 12.1. The molecule has 0 unspecified atom stereocenters. The van der Waals surface area contributed by atoms with Crippen molar-refractivity contribution in [3.05, 3.63) is 77.4 Å². The molecular formula is C29H23FN4O5. The maximum Gasteiger partial charge on any atom is 0.257 e.